The number of hydrogen-bond donors (Lipinski definition) is 0. The number of aryl methyl sites for hydroxylation is 1. The quantitative estimate of drug-likeness (QED) is 0.801. The van der Waals surface area contributed by atoms with E-state index in [2.05, 4.69) is 12.1 Å². The van der Waals surface area contributed by atoms with Gasteiger partial charge in [0.1, 0.15) is 0 Å². The molecule has 1 saturated heterocycles. The summed E-state index contributed by atoms with van der Waals surface area (Å²) in [5.41, 5.74) is 1.13. The van der Waals surface area contributed by atoms with Crippen LogP contribution in [0.15, 0.2) is 59.5 Å². The minimum atomic E-state index is -0.0745. The van der Waals surface area contributed by atoms with E-state index < -0.39 is 0 Å². The van der Waals surface area contributed by atoms with Crippen molar-refractivity contribution in [2.75, 3.05) is 13.7 Å². The minimum Gasteiger partial charge on any atom is -0.379 e. The topological polar surface area (TPSA) is 51.5 Å². The van der Waals surface area contributed by atoms with Gasteiger partial charge < -0.3 is 14.2 Å². The highest BCUT2D eigenvalue weighted by Crippen LogP contribution is 2.24. The lowest BCUT2D eigenvalue weighted by Gasteiger charge is -2.41. The molecule has 0 spiro atoms. The second-order valence-corrected chi connectivity index (χ2v) is 6.74. The van der Waals surface area contributed by atoms with Crippen LogP contribution in [0.5, 0.6) is 0 Å². The van der Waals surface area contributed by atoms with Crippen molar-refractivity contribution in [1.82, 2.24) is 9.47 Å². The first kappa shape index (κ1) is 18.4. The molecule has 1 amide bonds. The molecule has 0 saturated carbocycles. The number of piperidine rings is 1. The first-order chi connectivity index (χ1) is 12.7. The van der Waals surface area contributed by atoms with Gasteiger partial charge in [0.15, 0.2) is 0 Å². The van der Waals surface area contributed by atoms with Crippen LogP contribution in [-0.4, -0.2) is 41.2 Å². The maximum atomic E-state index is 12.9. The second-order valence-electron chi connectivity index (χ2n) is 6.74. The molecule has 26 heavy (non-hydrogen) atoms. The number of nitrogens with zero attached hydrogens (tertiary/aromatic N) is 2. The first-order valence-corrected chi connectivity index (χ1v) is 9.20. The summed E-state index contributed by atoms with van der Waals surface area (Å²) in [4.78, 5) is 26.7. The Morgan fingerprint density at radius 3 is 2.65 bits per heavy atom. The molecule has 1 aliphatic heterocycles. The average Bonchev–Trinajstić information content (AvgIpc) is 2.68. The van der Waals surface area contributed by atoms with Crippen molar-refractivity contribution < 1.29 is 9.53 Å². The van der Waals surface area contributed by atoms with Crippen molar-refractivity contribution >= 4 is 5.91 Å². The number of methoxy groups -OCH3 is 1. The largest absolute Gasteiger partial charge is 0.379 e. The highest BCUT2D eigenvalue weighted by Gasteiger charge is 2.34. The molecule has 0 aliphatic carbocycles. The molecule has 1 aliphatic rings. The van der Waals surface area contributed by atoms with E-state index >= 15 is 0 Å². The van der Waals surface area contributed by atoms with E-state index in [-0.39, 0.29) is 23.6 Å². The fourth-order valence-corrected chi connectivity index (χ4v) is 3.71. The Labute approximate surface area is 154 Å². The van der Waals surface area contributed by atoms with Crippen LogP contribution in [0.2, 0.25) is 0 Å². The summed E-state index contributed by atoms with van der Waals surface area (Å²) in [6.45, 7) is 1.16. The summed E-state index contributed by atoms with van der Waals surface area (Å²) in [5.74, 6) is 0.0865. The van der Waals surface area contributed by atoms with Crippen LogP contribution in [0.4, 0.5) is 0 Å². The third kappa shape index (κ3) is 4.41. The van der Waals surface area contributed by atoms with E-state index in [4.69, 9.17) is 4.74 Å². The maximum Gasteiger partial charge on any atom is 0.250 e. The molecule has 138 valence electrons. The summed E-state index contributed by atoms with van der Waals surface area (Å²) < 4.78 is 7.27. The minimum absolute atomic E-state index is 0.0381. The lowest BCUT2D eigenvalue weighted by molar-refractivity contribution is -0.140. The number of amides is 1. The van der Waals surface area contributed by atoms with Crippen LogP contribution < -0.4 is 5.56 Å². The molecule has 0 N–H and O–H groups in total. The number of aromatic nitrogens is 1. The Morgan fingerprint density at radius 1 is 1.15 bits per heavy atom. The zero-order chi connectivity index (χ0) is 18.4. The second kappa shape index (κ2) is 8.81. The van der Waals surface area contributed by atoms with Gasteiger partial charge in [0, 0.05) is 38.9 Å². The van der Waals surface area contributed by atoms with Gasteiger partial charge in [-0.05, 0) is 30.9 Å². The summed E-state index contributed by atoms with van der Waals surface area (Å²) >= 11 is 0. The zero-order valence-corrected chi connectivity index (χ0v) is 15.2. The van der Waals surface area contributed by atoms with E-state index in [0.717, 1.165) is 25.8 Å². The molecular formula is C21H26N2O3. The molecule has 3 rings (SSSR count). The van der Waals surface area contributed by atoms with Gasteiger partial charge in [-0.3, -0.25) is 9.59 Å². The van der Waals surface area contributed by atoms with E-state index in [1.54, 1.807) is 23.9 Å². The fraction of sp³-hybridized carbons (Fsp3) is 0.429. The number of ether oxygens (including phenoxy) is 1. The number of carbonyl (C=O) groups excluding carboxylic acids is 1. The van der Waals surface area contributed by atoms with Gasteiger partial charge in [-0.25, -0.2) is 0 Å². The van der Waals surface area contributed by atoms with Crippen LogP contribution in [0, 0.1) is 0 Å². The standard InChI is InChI=1S/C21H26N2O3/c1-26-19-10-7-14-23(18(19)16-17-8-3-2-4-9-17)21(25)12-15-22-13-6-5-11-20(22)24/h2-6,8-9,11,13,18-19H,7,10,12,14-16H2,1H3/t18-,19-/m0/s1. The molecule has 1 aromatic carbocycles. The van der Waals surface area contributed by atoms with Crippen molar-refractivity contribution in [3.05, 3.63) is 70.6 Å². The SMILES string of the molecule is CO[C@H]1CCCN(C(=O)CCn2ccccc2=O)[C@H]1Cc1ccccc1. The van der Waals surface area contributed by atoms with Crippen LogP contribution in [0.3, 0.4) is 0 Å². The monoisotopic (exact) mass is 354 g/mol. The van der Waals surface area contributed by atoms with Crippen molar-refractivity contribution in [2.45, 2.75) is 44.4 Å². The van der Waals surface area contributed by atoms with E-state index in [1.807, 2.05) is 29.2 Å². The van der Waals surface area contributed by atoms with E-state index in [1.165, 1.54) is 11.6 Å². The summed E-state index contributed by atoms with van der Waals surface area (Å²) in [6.07, 6.45) is 4.80. The normalized spacial score (nSPS) is 20.1. The molecule has 0 unspecified atom stereocenters. The number of hydrogen-bond acceptors (Lipinski definition) is 3. The Morgan fingerprint density at radius 2 is 1.92 bits per heavy atom. The maximum absolute atomic E-state index is 12.9. The van der Waals surface area contributed by atoms with Gasteiger partial charge in [0.05, 0.1) is 12.1 Å². The molecule has 2 atom stereocenters. The smallest absolute Gasteiger partial charge is 0.250 e. The van der Waals surface area contributed by atoms with Crippen molar-refractivity contribution in [3.63, 3.8) is 0 Å². The van der Waals surface area contributed by atoms with Gasteiger partial charge in [0.2, 0.25) is 5.91 Å². The Kier molecular flexibility index (Phi) is 6.23. The number of pyridine rings is 1. The number of benzene rings is 1. The Bertz CT molecular complexity index is 772. The van der Waals surface area contributed by atoms with Crippen molar-refractivity contribution in [3.8, 4) is 0 Å². The van der Waals surface area contributed by atoms with Crippen molar-refractivity contribution in [1.29, 1.82) is 0 Å². The molecule has 0 radical (unpaired) electrons. The number of rotatable bonds is 6. The Balaban J connectivity index is 1.71. The molecule has 1 fully saturated rings. The molecule has 5 heteroatoms. The zero-order valence-electron chi connectivity index (χ0n) is 15.2. The molecule has 2 aromatic rings. The van der Waals surface area contributed by atoms with Crippen LogP contribution in [-0.2, 0) is 22.5 Å². The third-order valence-electron chi connectivity index (χ3n) is 5.09. The third-order valence-corrected chi connectivity index (χ3v) is 5.09. The number of carbonyl (C=O) groups is 1. The first-order valence-electron chi connectivity index (χ1n) is 9.20. The molecule has 2 heterocycles. The molecule has 0 bridgehead atoms. The molecular weight excluding hydrogens is 328 g/mol. The summed E-state index contributed by atoms with van der Waals surface area (Å²) in [5, 5.41) is 0. The Hall–Kier alpha value is -2.40. The molecule has 1 aromatic heterocycles. The average molecular weight is 354 g/mol. The summed E-state index contributed by atoms with van der Waals surface area (Å²) in [7, 11) is 1.72. The highest BCUT2D eigenvalue weighted by atomic mass is 16.5. The lowest BCUT2D eigenvalue weighted by atomic mass is 9.92. The van der Waals surface area contributed by atoms with Crippen LogP contribution in [0.1, 0.15) is 24.8 Å². The number of likely N-dealkylation sites (tertiary alicyclic amines) is 1. The van der Waals surface area contributed by atoms with Gasteiger partial charge in [-0.2, -0.15) is 0 Å². The lowest BCUT2D eigenvalue weighted by Crippen LogP contribution is -2.52. The predicted octanol–water partition coefficient (Wildman–Crippen LogP) is 2.49. The van der Waals surface area contributed by atoms with Crippen molar-refractivity contribution in [2.24, 2.45) is 0 Å². The van der Waals surface area contributed by atoms with Gasteiger partial charge in [0.25, 0.3) is 5.56 Å². The van der Waals surface area contributed by atoms with Crippen LogP contribution >= 0.6 is 0 Å². The van der Waals surface area contributed by atoms with Gasteiger partial charge in [-0.15, -0.1) is 0 Å². The van der Waals surface area contributed by atoms with Gasteiger partial charge in [-0.1, -0.05) is 36.4 Å². The van der Waals surface area contributed by atoms with E-state index in [9.17, 15) is 9.59 Å². The highest BCUT2D eigenvalue weighted by molar-refractivity contribution is 5.76. The predicted molar refractivity (Wildman–Crippen MR) is 101 cm³/mol. The van der Waals surface area contributed by atoms with Gasteiger partial charge >= 0.3 is 0 Å². The van der Waals surface area contributed by atoms with E-state index in [0.29, 0.717) is 13.0 Å². The molecule has 5 nitrogen and oxygen atoms in total. The summed E-state index contributed by atoms with van der Waals surface area (Å²) in [6, 6.07) is 15.3. The van der Waals surface area contributed by atoms with Crippen LogP contribution in [0.25, 0.3) is 0 Å². The fourth-order valence-electron chi connectivity index (χ4n) is 3.71.